The molecule has 110 valence electrons. The van der Waals surface area contributed by atoms with E-state index in [-0.39, 0.29) is 11.6 Å². The van der Waals surface area contributed by atoms with Crippen molar-refractivity contribution in [1.29, 1.82) is 0 Å². The Morgan fingerprint density at radius 3 is 2.95 bits per heavy atom. The summed E-state index contributed by atoms with van der Waals surface area (Å²) in [5.74, 6) is -0.310. The van der Waals surface area contributed by atoms with Crippen LogP contribution in [0.15, 0.2) is 36.7 Å². The molecule has 0 unspecified atom stereocenters. The molecule has 0 aliphatic heterocycles. The standard InChI is InChI=1S/C14H16N4O3/c1-11-9-16-17(10-11)7-3-6-15-14(19)12-4-2-5-13(8-12)18(20)21/h2,4-5,8-10H,3,6-7H2,1H3,(H,15,19). The number of hydrogen-bond acceptors (Lipinski definition) is 4. The molecule has 2 aromatic rings. The molecule has 0 aliphatic carbocycles. The van der Waals surface area contributed by atoms with E-state index in [0.29, 0.717) is 18.7 Å². The van der Waals surface area contributed by atoms with Crippen LogP contribution >= 0.6 is 0 Å². The van der Waals surface area contributed by atoms with Crippen molar-refractivity contribution in [3.8, 4) is 0 Å². The van der Waals surface area contributed by atoms with E-state index in [1.165, 1.54) is 18.2 Å². The summed E-state index contributed by atoms with van der Waals surface area (Å²) in [6, 6.07) is 5.68. The molecule has 2 rings (SSSR count). The number of aryl methyl sites for hydroxylation is 2. The number of hydrogen-bond donors (Lipinski definition) is 1. The molecule has 0 atom stereocenters. The molecule has 1 aromatic heterocycles. The van der Waals surface area contributed by atoms with Crippen LogP contribution in [0, 0.1) is 17.0 Å². The van der Waals surface area contributed by atoms with Crippen LogP contribution in [0.25, 0.3) is 0 Å². The lowest BCUT2D eigenvalue weighted by Crippen LogP contribution is -2.25. The number of nitrogens with zero attached hydrogens (tertiary/aromatic N) is 3. The number of rotatable bonds is 6. The largest absolute Gasteiger partial charge is 0.352 e. The van der Waals surface area contributed by atoms with Gasteiger partial charge in [0.25, 0.3) is 11.6 Å². The number of non-ortho nitro benzene ring substituents is 1. The summed E-state index contributed by atoms with van der Waals surface area (Å²) in [6.07, 6.45) is 4.45. The molecule has 21 heavy (non-hydrogen) atoms. The van der Waals surface area contributed by atoms with Crippen LogP contribution in [0.3, 0.4) is 0 Å². The Morgan fingerprint density at radius 1 is 1.48 bits per heavy atom. The summed E-state index contributed by atoms with van der Waals surface area (Å²) in [5.41, 5.74) is 1.30. The Kier molecular flexibility index (Phi) is 4.65. The van der Waals surface area contributed by atoms with Gasteiger partial charge < -0.3 is 5.32 Å². The quantitative estimate of drug-likeness (QED) is 0.499. The van der Waals surface area contributed by atoms with Gasteiger partial charge in [-0.05, 0) is 25.0 Å². The van der Waals surface area contributed by atoms with Gasteiger partial charge in [0, 0.05) is 37.0 Å². The Bertz CT molecular complexity index is 651. The molecule has 1 N–H and O–H groups in total. The SMILES string of the molecule is Cc1cnn(CCCNC(=O)c2cccc([N+](=O)[O-])c2)c1. The molecule has 0 fully saturated rings. The van der Waals surface area contributed by atoms with Crippen LogP contribution in [0.5, 0.6) is 0 Å². The second-order valence-corrected chi connectivity index (χ2v) is 4.70. The minimum atomic E-state index is -0.517. The number of nitro groups is 1. The third kappa shape index (κ3) is 4.13. The van der Waals surface area contributed by atoms with Gasteiger partial charge >= 0.3 is 0 Å². The minimum Gasteiger partial charge on any atom is -0.352 e. The molecular weight excluding hydrogens is 272 g/mol. The number of nitrogens with one attached hydrogen (secondary N) is 1. The molecule has 0 spiro atoms. The van der Waals surface area contributed by atoms with Gasteiger partial charge in [-0.2, -0.15) is 5.10 Å². The third-order valence-corrected chi connectivity index (χ3v) is 2.93. The smallest absolute Gasteiger partial charge is 0.270 e. The van der Waals surface area contributed by atoms with Crippen molar-refractivity contribution < 1.29 is 9.72 Å². The monoisotopic (exact) mass is 288 g/mol. The molecule has 7 nitrogen and oxygen atoms in total. The molecule has 0 bridgehead atoms. The highest BCUT2D eigenvalue weighted by atomic mass is 16.6. The molecule has 1 aromatic carbocycles. The summed E-state index contributed by atoms with van der Waals surface area (Å²) in [7, 11) is 0. The fourth-order valence-electron chi connectivity index (χ4n) is 1.89. The highest BCUT2D eigenvalue weighted by Crippen LogP contribution is 2.12. The van der Waals surface area contributed by atoms with Gasteiger partial charge in [0.05, 0.1) is 11.1 Å². The molecule has 1 amide bonds. The number of nitro benzene ring substituents is 1. The molecule has 0 saturated carbocycles. The van der Waals surface area contributed by atoms with E-state index < -0.39 is 4.92 Å². The zero-order valence-corrected chi connectivity index (χ0v) is 11.7. The van der Waals surface area contributed by atoms with Gasteiger partial charge in [-0.15, -0.1) is 0 Å². The van der Waals surface area contributed by atoms with Crippen LogP contribution < -0.4 is 5.32 Å². The fourth-order valence-corrected chi connectivity index (χ4v) is 1.89. The normalized spacial score (nSPS) is 10.3. The zero-order chi connectivity index (χ0) is 15.2. The van der Waals surface area contributed by atoms with Crippen LogP contribution in [0.2, 0.25) is 0 Å². The minimum absolute atomic E-state index is 0.0883. The first-order valence-corrected chi connectivity index (χ1v) is 6.58. The number of amides is 1. The lowest BCUT2D eigenvalue weighted by atomic mass is 10.2. The van der Waals surface area contributed by atoms with E-state index >= 15 is 0 Å². The summed E-state index contributed by atoms with van der Waals surface area (Å²) in [4.78, 5) is 22.0. The first kappa shape index (κ1) is 14.7. The Hall–Kier alpha value is -2.70. The highest BCUT2D eigenvalue weighted by molar-refractivity contribution is 5.94. The van der Waals surface area contributed by atoms with Crippen molar-refractivity contribution in [2.24, 2.45) is 0 Å². The first-order valence-electron chi connectivity index (χ1n) is 6.58. The van der Waals surface area contributed by atoms with Crippen LogP contribution in [0.1, 0.15) is 22.3 Å². The zero-order valence-electron chi connectivity index (χ0n) is 11.7. The summed E-state index contributed by atoms with van der Waals surface area (Å²) in [6.45, 7) is 3.16. The second-order valence-electron chi connectivity index (χ2n) is 4.70. The molecule has 0 radical (unpaired) electrons. The lowest BCUT2D eigenvalue weighted by molar-refractivity contribution is -0.384. The predicted molar refractivity (Wildman–Crippen MR) is 77.0 cm³/mol. The van der Waals surface area contributed by atoms with E-state index in [2.05, 4.69) is 10.4 Å². The molecule has 7 heteroatoms. The summed E-state index contributed by atoms with van der Waals surface area (Å²) < 4.78 is 1.81. The van der Waals surface area contributed by atoms with Crippen LogP contribution in [-0.2, 0) is 6.54 Å². The van der Waals surface area contributed by atoms with Crippen molar-refractivity contribution >= 4 is 11.6 Å². The van der Waals surface area contributed by atoms with Gasteiger partial charge in [-0.3, -0.25) is 19.6 Å². The third-order valence-electron chi connectivity index (χ3n) is 2.93. The maximum Gasteiger partial charge on any atom is 0.270 e. The maximum absolute atomic E-state index is 11.9. The summed E-state index contributed by atoms with van der Waals surface area (Å²) in [5, 5.41) is 17.5. The van der Waals surface area contributed by atoms with Crippen molar-refractivity contribution in [3.63, 3.8) is 0 Å². The van der Waals surface area contributed by atoms with Crippen molar-refractivity contribution in [2.45, 2.75) is 19.9 Å². The summed E-state index contributed by atoms with van der Waals surface area (Å²) >= 11 is 0. The van der Waals surface area contributed by atoms with Gasteiger partial charge in [-0.1, -0.05) is 6.07 Å². The highest BCUT2D eigenvalue weighted by Gasteiger charge is 2.10. The van der Waals surface area contributed by atoms with Crippen molar-refractivity contribution in [2.75, 3.05) is 6.54 Å². The van der Waals surface area contributed by atoms with Gasteiger partial charge in [-0.25, -0.2) is 0 Å². The molecular formula is C14H16N4O3. The fraction of sp³-hybridized carbons (Fsp3) is 0.286. The second kappa shape index (κ2) is 6.65. The first-order chi connectivity index (χ1) is 10.1. The van der Waals surface area contributed by atoms with Crippen LogP contribution in [-0.4, -0.2) is 27.2 Å². The number of carbonyl (C=O) groups is 1. The van der Waals surface area contributed by atoms with Crippen molar-refractivity contribution in [1.82, 2.24) is 15.1 Å². The molecule has 1 heterocycles. The Labute approximate surface area is 121 Å². The number of aromatic nitrogens is 2. The number of benzene rings is 1. The predicted octanol–water partition coefficient (Wildman–Crippen LogP) is 1.92. The molecule has 0 aliphatic rings. The van der Waals surface area contributed by atoms with E-state index in [1.807, 2.05) is 17.8 Å². The molecule has 0 saturated heterocycles. The van der Waals surface area contributed by atoms with E-state index in [1.54, 1.807) is 12.3 Å². The Morgan fingerprint density at radius 2 is 2.29 bits per heavy atom. The maximum atomic E-state index is 11.9. The van der Waals surface area contributed by atoms with Crippen molar-refractivity contribution in [3.05, 3.63) is 57.9 Å². The average molecular weight is 288 g/mol. The number of carbonyl (C=O) groups excluding carboxylic acids is 1. The topological polar surface area (TPSA) is 90.1 Å². The van der Waals surface area contributed by atoms with Gasteiger partial charge in [0.15, 0.2) is 0 Å². The lowest BCUT2D eigenvalue weighted by Gasteiger charge is -2.05. The Balaban J connectivity index is 1.81. The van der Waals surface area contributed by atoms with Gasteiger partial charge in [0.1, 0.15) is 0 Å². The van der Waals surface area contributed by atoms with E-state index in [4.69, 9.17) is 0 Å². The van der Waals surface area contributed by atoms with E-state index in [0.717, 1.165) is 12.0 Å². The van der Waals surface area contributed by atoms with Gasteiger partial charge in [0.2, 0.25) is 0 Å². The van der Waals surface area contributed by atoms with Crippen LogP contribution in [0.4, 0.5) is 5.69 Å². The van der Waals surface area contributed by atoms with E-state index in [9.17, 15) is 14.9 Å². The average Bonchev–Trinajstić information content (AvgIpc) is 2.89.